The third-order valence-electron chi connectivity index (χ3n) is 5.99. The molecule has 2 N–H and O–H groups in total. The van der Waals surface area contributed by atoms with Gasteiger partial charge in [-0.05, 0) is 63.8 Å². The summed E-state index contributed by atoms with van der Waals surface area (Å²) in [6, 6.07) is 1.13. The van der Waals surface area contributed by atoms with E-state index in [1.54, 1.807) is 0 Å². The first kappa shape index (κ1) is 17.6. The van der Waals surface area contributed by atoms with Gasteiger partial charge in [0.1, 0.15) is 9.84 Å². The highest BCUT2D eigenvalue weighted by Gasteiger charge is 2.34. The fourth-order valence-electron chi connectivity index (χ4n) is 4.52. The first-order valence-electron chi connectivity index (χ1n) is 9.29. The molecule has 0 amide bonds. The molecule has 1 aliphatic carbocycles. The van der Waals surface area contributed by atoms with Crippen molar-refractivity contribution in [1.29, 1.82) is 0 Å². The summed E-state index contributed by atoms with van der Waals surface area (Å²) in [6.07, 6.45) is 10.3. The van der Waals surface area contributed by atoms with Crippen molar-refractivity contribution >= 4 is 9.84 Å². The second-order valence-electron chi connectivity index (χ2n) is 7.69. The smallest absolute Gasteiger partial charge is 0.150 e. The monoisotopic (exact) mass is 344 g/mol. The molecule has 0 aromatic rings. The van der Waals surface area contributed by atoms with Crippen LogP contribution in [0.4, 0.5) is 0 Å². The van der Waals surface area contributed by atoms with Gasteiger partial charge in [-0.25, -0.2) is 8.42 Å². The van der Waals surface area contributed by atoms with E-state index < -0.39 is 9.84 Å². The van der Waals surface area contributed by atoms with Gasteiger partial charge in [0.2, 0.25) is 0 Å². The van der Waals surface area contributed by atoms with E-state index in [0.717, 1.165) is 45.4 Å². The van der Waals surface area contributed by atoms with Crippen molar-refractivity contribution in [3.63, 3.8) is 0 Å². The molecule has 0 aromatic carbocycles. The summed E-state index contributed by atoms with van der Waals surface area (Å²) in [5.41, 5.74) is 0. The number of piperidine rings is 1. The summed E-state index contributed by atoms with van der Waals surface area (Å²) >= 11 is 0. The van der Waals surface area contributed by atoms with Crippen LogP contribution >= 0.6 is 0 Å². The standard InChI is InChI=1S/C17H32N2O3S/c1-23(20,21)16-6-4-13(5-7-16)17-11-14(8-9-18-17)19-12-15-3-2-10-22-15/h13-19H,2-12H2,1H3. The molecule has 2 heterocycles. The average Bonchev–Trinajstić information content (AvgIpc) is 3.06. The molecule has 0 radical (unpaired) electrons. The van der Waals surface area contributed by atoms with Crippen LogP contribution in [0.15, 0.2) is 0 Å². The minimum absolute atomic E-state index is 0.101. The highest BCUT2D eigenvalue weighted by molar-refractivity contribution is 7.91. The Kier molecular flexibility index (Phi) is 5.99. The molecule has 6 heteroatoms. The van der Waals surface area contributed by atoms with E-state index in [9.17, 15) is 8.42 Å². The third kappa shape index (κ3) is 4.91. The summed E-state index contributed by atoms with van der Waals surface area (Å²) in [5, 5.41) is 7.28. The predicted molar refractivity (Wildman–Crippen MR) is 92.4 cm³/mol. The van der Waals surface area contributed by atoms with Crippen molar-refractivity contribution in [2.75, 3.05) is 26.0 Å². The van der Waals surface area contributed by atoms with Crippen LogP contribution in [-0.2, 0) is 14.6 Å². The molecule has 2 aliphatic heterocycles. The molecule has 0 spiro atoms. The number of rotatable bonds is 5. The number of sulfone groups is 1. The molecule has 3 atom stereocenters. The van der Waals surface area contributed by atoms with Crippen LogP contribution in [-0.4, -0.2) is 57.8 Å². The van der Waals surface area contributed by atoms with E-state index in [2.05, 4.69) is 10.6 Å². The Labute approximate surface area is 140 Å². The minimum Gasteiger partial charge on any atom is -0.377 e. The molecule has 0 bridgehead atoms. The fraction of sp³-hybridized carbons (Fsp3) is 1.00. The molecular weight excluding hydrogens is 312 g/mol. The lowest BCUT2D eigenvalue weighted by Crippen LogP contribution is -2.51. The average molecular weight is 345 g/mol. The molecular formula is C17H32N2O3S. The van der Waals surface area contributed by atoms with E-state index in [4.69, 9.17) is 4.74 Å². The molecule has 1 saturated carbocycles. The Morgan fingerprint density at radius 1 is 1.13 bits per heavy atom. The number of hydrogen-bond donors (Lipinski definition) is 2. The number of nitrogens with one attached hydrogen (secondary N) is 2. The van der Waals surface area contributed by atoms with Crippen LogP contribution in [0.5, 0.6) is 0 Å². The van der Waals surface area contributed by atoms with Gasteiger partial charge in [-0.2, -0.15) is 0 Å². The Morgan fingerprint density at radius 2 is 1.91 bits per heavy atom. The van der Waals surface area contributed by atoms with Crippen molar-refractivity contribution in [3.05, 3.63) is 0 Å². The predicted octanol–water partition coefficient (Wildman–Crippen LogP) is 1.48. The molecule has 0 aromatic heterocycles. The highest BCUT2D eigenvalue weighted by Crippen LogP contribution is 2.32. The lowest BCUT2D eigenvalue weighted by molar-refractivity contribution is 0.103. The molecule has 3 fully saturated rings. The van der Waals surface area contributed by atoms with E-state index in [0.29, 0.717) is 24.1 Å². The largest absolute Gasteiger partial charge is 0.377 e. The third-order valence-corrected chi connectivity index (χ3v) is 7.67. The molecule has 3 rings (SSSR count). The summed E-state index contributed by atoms with van der Waals surface area (Å²) in [7, 11) is -2.86. The van der Waals surface area contributed by atoms with Crippen LogP contribution < -0.4 is 10.6 Å². The fourth-order valence-corrected chi connectivity index (χ4v) is 5.65. The van der Waals surface area contributed by atoms with Gasteiger partial charge in [0.05, 0.1) is 11.4 Å². The number of hydrogen-bond acceptors (Lipinski definition) is 5. The van der Waals surface area contributed by atoms with E-state index in [1.165, 1.54) is 31.9 Å². The quantitative estimate of drug-likeness (QED) is 0.791. The second kappa shape index (κ2) is 7.81. The topological polar surface area (TPSA) is 67.4 Å². The molecule has 5 nitrogen and oxygen atoms in total. The van der Waals surface area contributed by atoms with Crippen LogP contribution in [0.2, 0.25) is 0 Å². The first-order chi connectivity index (χ1) is 11.0. The maximum atomic E-state index is 11.7. The normalized spacial score (nSPS) is 39.4. The Balaban J connectivity index is 1.43. The lowest BCUT2D eigenvalue weighted by atomic mass is 9.79. The molecule has 3 unspecified atom stereocenters. The van der Waals surface area contributed by atoms with Gasteiger partial charge in [-0.1, -0.05) is 0 Å². The summed E-state index contributed by atoms with van der Waals surface area (Å²) in [4.78, 5) is 0. The maximum absolute atomic E-state index is 11.7. The van der Waals surface area contributed by atoms with Gasteiger partial charge in [0, 0.05) is 31.5 Å². The van der Waals surface area contributed by atoms with E-state index in [1.807, 2.05) is 0 Å². The van der Waals surface area contributed by atoms with Crippen LogP contribution in [0.25, 0.3) is 0 Å². The van der Waals surface area contributed by atoms with Crippen LogP contribution in [0.1, 0.15) is 51.4 Å². The summed E-state index contributed by atoms with van der Waals surface area (Å²) < 4.78 is 29.1. The highest BCUT2D eigenvalue weighted by atomic mass is 32.2. The van der Waals surface area contributed by atoms with Crippen molar-refractivity contribution < 1.29 is 13.2 Å². The Morgan fingerprint density at radius 3 is 2.57 bits per heavy atom. The molecule has 2 saturated heterocycles. The Bertz CT molecular complexity index is 468. The van der Waals surface area contributed by atoms with Gasteiger partial charge in [0.25, 0.3) is 0 Å². The van der Waals surface area contributed by atoms with Crippen LogP contribution in [0, 0.1) is 5.92 Å². The zero-order valence-electron chi connectivity index (χ0n) is 14.3. The van der Waals surface area contributed by atoms with Gasteiger partial charge < -0.3 is 15.4 Å². The van der Waals surface area contributed by atoms with Crippen molar-refractivity contribution in [3.8, 4) is 0 Å². The maximum Gasteiger partial charge on any atom is 0.150 e. The minimum atomic E-state index is -2.86. The molecule has 23 heavy (non-hydrogen) atoms. The van der Waals surface area contributed by atoms with Crippen LogP contribution in [0.3, 0.4) is 0 Å². The van der Waals surface area contributed by atoms with Crippen molar-refractivity contribution in [1.82, 2.24) is 10.6 Å². The number of ether oxygens (including phenoxy) is 1. The first-order valence-corrected chi connectivity index (χ1v) is 11.2. The SMILES string of the molecule is CS(=O)(=O)C1CCC(C2CC(NCC3CCCO3)CCN2)CC1. The van der Waals surface area contributed by atoms with E-state index in [-0.39, 0.29) is 5.25 Å². The van der Waals surface area contributed by atoms with Gasteiger partial charge in [-0.3, -0.25) is 0 Å². The molecule has 134 valence electrons. The summed E-state index contributed by atoms with van der Waals surface area (Å²) in [6.45, 7) is 2.98. The van der Waals surface area contributed by atoms with E-state index >= 15 is 0 Å². The van der Waals surface area contributed by atoms with Crippen molar-refractivity contribution in [2.45, 2.75) is 74.8 Å². The van der Waals surface area contributed by atoms with Gasteiger partial charge in [0.15, 0.2) is 0 Å². The molecule has 3 aliphatic rings. The van der Waals surface area contributed by atoms with Crippen molar-refractivity contribution in [2.24, 2.45) is 5.92 Å². The Hall–Kier alpha value is -0.170. The van der Waals surface area contributed by atoms with Gasteiger partial charge in [-0.15, -0.1) is 0 Å². The second-order valence-corrected chi connectivity index (χ2v) is 10.0. The zero-order chi connectivity index (χ0) is 16.3. The zero-order valence-corrected chi connectivity index (χ0v) is 15.1. The summed E-state index contributed by atoms with van der Waals surface area (Å²) in [5.74, 6) is 0.639. The van der Waals surface area contributed by atoms with Gasteiger partial charge >= 0.3 is 0 Å². The lowest BCUT2D eigenvalue weighted by Gasteiger charge is -2.39.